The molecule has 1 N–H and O–H groups in total. The Kier molecular flexibility index (Phi) is 5.64. The summed E-state index contributed by atoms with van der Waals surface area (Å²) < 4.78 is 5.32. The number of hydrogen-bond donors (Lipinski definition) is 1. The van der Waals surface area contributed by atoms with E-state index in [1.807, 2.05) is 56.3 Å². The molecule has 1 aliphatic rings. The van der Waals surface area contributed by atoms with E-state index in [1.54, 1.807) is 16.9 Å². The molecule has 1 saturated heterocycles. The Bertz CT molecular complexity index is 828. The SMILES string of the molecule is COc1ccc(C(=O)N2CCN(C(=O)Nc3ccccc3)CC2)c(C)c1C. The molecule has 0 aliphatic carbocycles. The number of para-hydroxylation sites is 1. The fraction of sp³-hybridized carbons (Fsp3) is 0.333. The first-order valence-electron chi connectivity index (χ1n) is 9.05. The first kappa shape index (κ1) is 18.8. The number of methoxy groups -OCH3 is 1. The van der Waals surface area contributed by atoms with E-state index in [0.717, 1.165) is 22.6 Å². The predicted octanol–water partition coefficient (Wildman–Crippen LogP) is 3.30. The van der Waals surface area contributed by atoms with Gasteiger partial charge >= 0.3 is 6.03 Å². The first-order chi connectivity index (χ1) is 13.0. The number of piperazine rings is 1. The number of carbonyl (C=O) groups is 2. The molecular formula is C21H25N3O3. The molecule has 0 spiro atoms. The lowest BCUT2D eigenvalue weighted by atomic mass is 10.0. The molecule has 0 bridgehead atoms. The fourth-order valence-corrected chi connectivity index (χ4v) is 3.26. The maximum atomic E-state index is 12.9. The standard InChI is InChI=1S/C21H25N3O3/c1-15-16(2)19(27-3)10-9-18(15)20(25)23-11-13-24(14-12-23)21(26)22-17-7-5-4-6-8-17/h4-10H,11-14H2,1-3H3,(H,22,26). The third-order valence-corrected chi connectivity index (χ3v) is 5.07. The number of amides is 3. The number of benzene rings is 2. The highest BCUT2D eigenvalue weighted by atomic mass is 16.5. The van der Waals surface area contributed by atoms with E-state index < -0.39 is 0 Å². The Hall–Kier alpha value is -3.02. The number of ether oxygens (including phenoxy) is 1. The third kappa shape index (κ3) is 4.05. The Morgan fingerprint density at radius 3 is 2.15 bits per heavy atom. The molecule has 0 saturated carbocycles. The van der Waals surface area contributed by atoms with Gasteiger partial charge in [0.2, 0.25) is 0 Å². The Morgan fingerprint density at radius 2 is 1.52 bits per heavy atom. The van der Waals surface area contributed by atoms with Crippen molar-refractivity contribution in [1.29, 1.82) is 0 Å². The van der Waals surface area contributed by atoms with Crippen molar-refractivity contribution in [2.24, 2.45) is 0 Å². The highest BCUT2D eigenvalue weighted by Gasteiger charge is 2.26. The summed E-state index contributed by atoms with van der Waals surface area (Å²) in [5.74, 6) is 0.785. The molecule has 6 heteroatoms. The second-order valence-electron chi connectivity index (χ2n) is 6.64. The van der Waals surface area contributed by atoms with Crippen molar-refractivity contribution in [3.63, 3.8) is 0 Å². The van der Waals surface area contributed by atoms with Gasteiger partial charge in [-0.25, -0.2) is 4.79 Å². The second-order valence-corrected chi connectivity index (χ2v) is 6.64. The van der Waals surface area contributed by atoms with E-state index in [1.165, 1.54) is 0 Å². The van der Waals surface area contributed by atoms with Crippen molar-refractivity contribution >= 4 is 17.6 Å². The number of urea groups is 1. The summed E-state index contributed by atoms with van der Waals surface area (Å²) in [4.78, 5) is 28.8. The zero-order valence-corrected chi connectivity index (χ0v) is 16.0. The third-order valence-electron chi connectivity index (χ3n) is 5.07. The number of carbonyl (C=O) groups excluding carboxylic acids is 2. The van der Waals surface area contributed by atoms with Crippen LogP contribution in [0.5, 0.6) is 5.75 Å². The number of hydrogen-bond acceptors (Lipinski definition) is 3. The van der Waals surface area contributed by atoms with Crippen LogP contribution in [0.25, 0.3) is 0 Å². The van der Waals surface area contributed by atoms with E-state index in [-0.39, 0.29) is 11.9 Å². The van der Waals surface area contributed by atoms with Crippen molar-refractivity contribution in [3.8, 4) is 5.75 Å². The maximum absolute atomic E-state index is 12.9. The largest absolute Gasteiger partial charge is 0.496 e. The predicted molar refractivity (Wildman–Crippen MR) is 105 cm³/mol. The van der Waals surface area contributed by atoms with E-state index in [0.29, 0.717) is 31.7 Å². The molecule has 0 radical (unpaired) electrons. The Balaban J connectivity index is 1.61. The van der Waals surface area contributed by atoms with Crippen LogP contribution in [-0.4, -0.2) is 55.0 Å². The van der Waals surface area contributed by atoms with Gasteiger partial charge in [-0.1, -0.05) is 18.2 Å². The van der Waals surface area contributed by atoms with E-state index in [2.05, 4.69) is 5.32 Å². The number of nitrogens with one attached hydrogen (secondary N) is 1. The molecule has 142 valence electrons. The summed E-state index contributed by atoms with van der Waals surface area (Å²) in [6, 6.07) is 12.9. The van der Waals surface area contributed by atoms with Crippen molar-refractivity contribution in [3.05, 3.63) is 59.2 Å². The monoisotopic (exact) mass is 367 g/mol. The highest BCUT2D eigenvalue weighted by Crippen LogP contribution is 2.25. The van der Waals surface area contributed by atoms with Gasteiger partial charge < -0.3 is 19.9 Å². The van der Waals surface area contributed by atoms with Crippen LogP contribution in [0.15, 0.2) is 42.5 Å². The molecule has 6 nitrogen and oxygen atoms in total. The van der Waals surface area contributed by atoms with Crippen LogP contribution < -0.4 is 10.1 Å². The molecule has 1 aliphatic heterocycles. The summed E-state index contributed by atoms with van der Waals surface area (Å²) in [5, 5.41) is 2.89. The van der Waals surface area contributed by atoms with Crippen molar-refractivity contribution in [2.45, 2.75) is 13.8 Å². The van der Waals surface area contributed by atoms with Gasteiger partial charge in [-0.15, -0.1) is 0 Å². The topological polar surface area (TPSA) is 61.9 Å². The summed E-state index contributed by atoms with van der Waals surface area (Å²) >= 11 is 0. The lowest BCUT2D eigenvalue weighted by Crippen LogP contribution is -2.51. The molecule has 0 aromatic heterocycles. The minimum absolute atomic E-state index is 0.00127. The van der Waals surface area contributed by atoms with Crippen LogP contribution in [0.3, 0.4) is 0 Å². The molecule has 1 heterocycles. The van der Waals surface area contributed by atoms with Crippen LogP contribution in [-0.2, 0) is 0 Å². The van der Waals surface area contributed by atoms with Gasteiger partial charge in [0.1, 0.15) is 5.75 Å². The van der Waals surface area contributed by atoms with Crippen LogP contribution in [0, 0.1) is 13.8 Å². The average molecular weight is 367 g/mol. The lowest BCUT2D eigenvalue weighted by molar-refractivity contribution is 0.0671. The minimum atomic E-state index is -0.134. The average Bonchev–Trinajstić information content (AvgIpc) is 2.70. The first-order valence-corrected chi connectivity index (χ1v) is 9.05. The summed E-state index contributed by atoms with van der Waals surface area (Å²) in [6.07, 6.45) is 0. The molecule has 1 fully saturated rings. The van der Waals surface area contributed by atoms with E-state index in [4.69, 9.17) is 4.74 Å². The summed E-state index contributed by atoms with van der Waals surface area (Å²) in [6.45, 7) is 5.96. The van der Waals surface area contributed by atoms with Gasteiger partial charge in [-0.05, 0) is 49.2 Å². The van der Waals surface area contributed by atoms with Gasteiger partial charge in [0.25, 0.3) is 5.91 Å². The van der Waals surface area contributed by atoms with E-state index >= 15 is 0 Å². The van der Waals surface area contributed by atoms with Crippen LogP contribution in [0.2, 0.25) is 0 Å². The van der Waals surface area contributed by atoms with E-state index in [9.17, 15) is 9.59 Å². The smallest absolute Gasteiger partial charge is 0.321 e. The number of nitrogens with zero attached hydrogens (tertiary/aromatic N) is 2. The van der Waals surface area contributed by atoms with Crippen molar-refractivity contribution < 1.29 is 14.3 Å². The van der Waals surface area contributed by atoms with Gasteiger partial charge in [0.15, 0.2) is 0 Å². The van der Waals surface area contributed by atoms with Crippen LogP contribution in [0.4, 0.5) is 10.5 Å². The molecule has 0 atom stereocenters. The summed E-state index contributed by atoms with van der Waals surface area (Å²) in [5.41, 5.74) is 3.37. The molecule has 3 rings (SSSR count). The van der Waals surface area contributed by atoms with Crippen LogP contribution >= 0.6 is 0 Å². The summed E-state index contributed by atoms with van der Waals surface area (Å²) in [7, 11) is 1.63. The van der Waals surface area contributed by atoms with Gasteiger partial charge in [-0.3, -0.25) is 4.79 Å². The molecule has 27 heavy (non-hydrogen) atoms. The molecular weight excluding hydrogens is 342 g/mol. The quantitative estimate of drug-likeness (QED) is 0.905. The second kappa shape index (κ2) is 8.12. The Morgan fingerprint density at radius 1 is 0.889 bits per heavy atom. The molecule has 2 aromatic rings. The maximum Gasteiger partial charge on any atom is 0.321 e. The van der Waals surface area contributed by atoms with Gasteiger partial charge in [-0.2, -0.15) is 0 Å². The van der Waals surface area contributed by atoms with Crippen molar-refractivity contribution in [1.82, 2.24) is 9.80 Å². The van der Waals surface area contributed by atoms with Gasteiger partial charge in [0.05, 0.1) is 7.11 Å². The zero-order chi connectivity index (χ0) is 19.4. The number of anilines is 1. The highest BCUT2D eigenvalue weighted by molar-refractivity contribution is 5.96. The molecule has 0 unspecified atom stereocenters. The Labute approximate surface area is 159 Å². The lowest BCUT2D eigenvalue weighted by Gasteiger charge is -2.35. The number of rotatable bonds is 3. The normalized spacial score (nSPS) is 14.0. The minimum Gasteiger partial charge on any atom is -0.496 e. The fourth-order valence-electron chi connectivity index (χ4n) is 3.26. The van der Waals surface area contributed by atoms with Gasteiger partial charge in [0, 0.05) is 37.4 Å². The van der Waals surface area contributed by atoms with Crippen molar-refractivity contribution in [2.75, 3.05) is 38.6 Å². The van der Waals surface area contributed by atoms with Crippen LogP contribution in [0.1, 0.15) is 21.5 Å². The zero-order valence-electron chi connectivity index (χ0n) is 16.0. The molecule has 3 amide bonds. The molecule has 2 aromatic carbocycles.